The number of nitrogens with one attached hydrogen (secondary N) is 1. The van der Waals surface area contributed by atoms with Gasteiger partial charge in [-0.1, -0.05) is 13.0 Å². The second-order valence-corrected chi connectivity index (χ2v) is 3.89. The highest BCUT2D eigenvalue weighted by atomic mass is 19.2. The van der Waals surface area contributed by atoms with Gasteiger partial charge >= 0.3 is 0 Å². The van der Waals surface area contributed by atoms with Crippen LogP contribution in [0.4, 0.5) is 8.78 Å². The lowest BCUT2D eigenvalue weighted by Crippen LogP contribution is -2.13. The molecule has 1 aromatic heterocycles. The van der Waals surface area contributed by atoms with Crippen LogP contribution < -0.4 is 5.32 Å². The van der Waals surface area contributed by atoms with Crippen molar-refractivity contribution in [2.45, 2.75) is 20.0 Å². The first-order valence-electron chi connectivity index (χ1n) is 5.72. The molecule has 2 rings (SSSR count). The maximum atomic E-state index is 13.0. The molecule has 0 bridgehead atoms. The highest BCUT2D eigenvalue weighted by Crippen LogP contribution is 2.09. The summed E-state index contributed by atoms with van der Waals surface area (Å²) < 4.78 is 27.4. The maximum Gasteiger partial charge on any atom is 0.164 e. The molecule has 1 aromatic carbocycles. The number of hydrogen-bond donors (Lipinski definition) is 1. The van der Waals surface area contributed by atoms with Crippen molar-refractivity contribution in [2.75, 3.05) is 6.54 Å². The number of benzene rings is 1. The first kappa shape index (κ1) is 12.6. The van der Waals surface area contributed by atoms with Gasteiger partial charge in [-0.2, -0.15) is 5.10 Å². The zero-order valence-electron chi connectivity index (χ0n) is 10.0. The Balaban J connectivity index is 2.04. The van der Waals surface area contributed by atoms with Crippen LogP contribution in [0.5, 0.6) is 0 Å². The van der Waals surface area contributed by atoms with Gasteiger partial charge in [-0.25, -0.2) is 18.4 Å². The van der Waals surface area contributed by atoms with E-state index in [1.807, 2.05) is 6.92 Å². The van der Waals surface area contributed by atoms with Gasteiger partial charge in [0, 0.05) is 0 Å². The fourth-order valence-electron chi connectivity index (χ4n) is 1.55. The molecule has 0 atom stereocenters. The molecular weight excluding hydrogens is 238 g/mol. The summed E-state index contributed by atoms with van der Waals surface area (Å²) in [5, 5.41) is 7.33. The van der Waals surface area contributed by atoms with Crippen molar-refractivity contribution in [1.82, 2.24) is 20.1 Å². The highest BCUT2D eigenvalue weighted by molar-refractivity contribution is 5.17. The van der Waals surface area contributed by atoms with E-state index in [-0.39, 0.29) is 0 Å². The Morgan fingerprint density at radius 2 is 2.11 bits per heavy atom. The largest absolute Gasteiger partial charge is 0.310 e. The second kappa shape index (κ2) is 5.68. The molecule has 1 heterocycles. The quantitative estimate of drug-likeness (QED) is 0.881. The smallest absolute Gasteiger partial charge is 0.164 e. The third-order valence-corrected chi connectivity index (χ3v) is 2.45. The molecule has 2 aromatic rings. The van der Waals surface area contributed by atoms with Gasteiger partial charge < -0.3 is 5.32 Å². The third kappa shape index (κ3) is 3.10. The van der Waals surface area contributed by atoms with Gasteiger partial charge in [-0.05, 0) is 24.2 Å². The molecular formula is C12H14F2N4. The van der Waals surface area contributed by atoms with Crippen LogP contribution in [0.15, 0.2) is 24.5 Å². The van der Waals surface area contributed by atoms with Gasteiger partial charge in [-0.15, -0.1) is 0 Å². The zero-order valence-corrected chi connectivity index (χ0v) is 10.0. The van der Waals surface area contributed by atoms with E-state index in [4.69, 9.17) is 0 Å². The molecule has 96 valence electrons. The molecule has 0 unspecified atom stereocenters. The van der Waals surface area contributed by atoms with Gasteiger partial charge in [0.05, 0.1) is 13.1 Å². The summed E-state index contributed by atoms with van der Waals surface area (Å²) in [6, 6.07) is 3.81. The minimum Gasteiger partial charge on any atom is -0.310 e. The number of aromatic nitrogens is 3. The molecule has 18 heavy (non-hydrogen) atoms. The molecule has 4 nitrogen and oxygen atoms in total. The van der Waals surface area contributed by atoms with Gasteiger partial charge in [0.2, 0.25) is 0 Å². The predicted octanol–water partition coefficient (Wildman–Crippen LogP) is 1.71. The first-order chi connectivity index (χ1) is 8.69. The van der Waals surface area contributed by atoms with Gasteiger partial charge in [-0.3, -0.25) is 0 Å². The summed E-state index contributed by atoms with van der Waals surface area (Å²) in [4.78, 5) is 4.11. The summed E-state index contributed by atoms with van der Waals surface area (Å²) in [5.74, 6) is -1.01. The number of rotatable bonds is 5. The summed E-state index contributed by atoms with van der Waals surface area (Å²) in [6.07, 6.45) is 1.58. The fourth-order valence-corrected chi connectivity index (χ4v) is 1.55. The van der Waals surface area contributed by atoms with E-state index in [1.165, 1.54) is 12.1 Å². The Bertz CT molecular complexity index is 525. The molecule has 6 heteroatoms. The lowest BCUT2D eigenvalue weighted by molar-refractivity contribution is 0.505. The average Bonchev–Trinajstić information content (AvgIpc) is 2.79. The third-order valence-electron chi connectivity index (χ3n) is 2.45. The van der Waals surface area contributed by atoms with Crippen molar-refractivity contribution < 1.29 is 8.78 Å². The van der Waals surface area contributed by atoms with Crippen LogP contribution in [0.2, 0.25) is 0 Å². The van der Waals surface area contributed by atoms with E-state index in [1.54, 1.807) is 11.0 Å². The van der Waals surface area contributed by atoms with Crippen molar-refractivity contribution in [3.05, 3.63) is 47.5 Å². The molecule has 0 amide bonds. The van der Waals surface area contributed by atoms with Crippen molar-refractivity contribution >= 4 is 0 Å². The fraction of sp³-hybridized carbons (Fsp3) is 0.333. The van der Waals surface area contributed by atoms with E-state index >= 15 is 0 Å². The minimum atomic E-state index is -0.847. The summed E-state index contributed by atoms with van der Waals surface area (Å²) in [6.45, 7) is 3.81. The lowest BCUT2D eigenvalue weighted by Gasteiger charge is -2.02. The molecule has 0 saturated carbocycles. The van der Waals surface area contributed by atoms with Crippen LogP contribution in [0.25, 0.3) is 0 Å². The number of halogens is 2. The van der Waals surface area contributed by atoms with E-state index in [2.05, 4.69) is 15.4 Å². The molecule has 0 fully saturated rings. The topological polar surface area (TPSA) is 42.7 Å². The van der Waals surface area contributed by atoms with Crippen LogP contribution in [0.3, 0.4) is 0 Å². The molecule has 0 aliphatic carbocycles. The monoisotopic (exact) mass is 252 g/mol. The molecule has 0 spiro atoms. The highest BCUT2D eigenvalue weighted by Gasteiger charge is 2.05. The van der Waals surface area contributed by atoms with Gasteiger partial charge in [0.1, 0.15) is 6.33 Å². The van der Waals surface area contributed by atoms with E-state index in [0.29, 0.717) is 24.5 Å². The van der Waals surface area contributed by atoms with E-state index in [0.717, 1.165) is 12.6 Å². The van der Waals surface area contributed by atoms with Crippen molar-refractivity contribution in [3.8, 4) is 0 Å². The van der Waals surface area contributed by atoms with Gasteiger partial charge in [0.25, 0.3) is 0 Å². The van der Waals surface area contributed by atoms with Crippen molar-refractivity contribution in [1.29, 1.82) is 0 Å². The van der Waals surface area contributed by atoms with Crippen LogP contribution in [-0.4, -0.2) is 21.3 Å². The number of nitrogens with zero attached hydrogens (tertiary/aromatic N) is 3. The van der Waals surface area contributed by atoms with Gasteiger partial charge in [0.15, 0.2) is 17.5 Å². The second-order valence-electron chi connectivity index (χ2n) is 3.89. The van der Waals surface area contributed by atoms with Crippen LogP contribution >= 0.6 is 0 Å². The molecule has 0 saturated heterocycles. The Morgan fingerprint density at radius 3 is 2.83 bits per heavy atom. The summed E-state index contributed by atoms with van der Waals surface area (Å²) >= 11 is 0. The van der Waals surface area contributed by atoms with Crippen molar-refractivity contribution in [3.63, 3.8) is 0 Å². The van der Waals surface area contributed by atoms with Crippen molar-refractivity contribution in [2.24, 2.45) is 0 Å². The number of hydrogen-bond acceptors (Lipinski definition) is 3. The Morgan fingerprint density at radius 1 is 1.28 bits per heavy atom. The Kier molecular flexibility index (Phi) is 3.99. The average molecular weight is 252 g/mol. The maximum absolute atomic E-state index is 13.0. The standard InChI is InChI=1S/C12H14F2N4/c1-2-15-6-12-16-8-18(17-12)7-9-3-4-10(13)11(14)5-9/h3-5,8,15H,2,6-7H2,1H3. The van der Waals surface area contributed by atoms with Crippen LogP contribution in [0.1, 0.15) is 18.3 Å². The lowest BCUT2D eigenvalue weighted by atomic mass is 10.2. The van der Waals surface area contributed by atoms with E-state index < -0.39 is 11.6 Å². The molecule has 1 N–H and O–H groups in total. The first-order valence-corrected chi connectivity index (χ1v) is 5.72. The summed E-state index contributed by atoms with van der Waals surface area (Å²) in [7, 11) is 0. The van der Waals surface area contributed by atoms with Crippen LogP contribution in [-0.2, 0) is 13.1 Å². The van der Waals surface area contributed by atoms with Crippen LogP contribution in [0, 0.1) is 11.6 Å². The Labute approximate surface area is 104 Å². The minimum absolute atomic E-state index is 0.371. The van der Waals surface area contributed by atoms with E-state index in [9.17, 15) is 8.78 Å². The normalized spacial score (nSPS) is 10.8. The predicted molar refractivity (Wildman–Crippen MR) is 62.9 cm³/mol. The Hall–Kier alpha value is -1.82. The molecule has 0 aliphatic rings. The SMILES string of the molecule is CCNCc1ncn(Cc2ccc(F)c(F)c2)n1. The molecule has 0 radical (unpaired) electrons. The summed E-state index contributed by atoms with van der Waals surface area (Å²) in [5.41, 5.74) is 0.647. The molecule has 0 aliphatic heterocycles. The zero-order chi connectivity index (χ0) is 13.0.